The number of aliphatic carboxylic acids is 1. The fourth-order valence-corrected chi connectivity index (χ4v) is 2.07. The molecule has 3 nitrogen and oxygen atoms in total. The second-order valence-electron chi connectivity index (χ2n) is 4.81. The van der Waals surface area contributed by atoms with E-state index in [0.29, 0.717) is 6.61 Å². The van der Waals surface area contributed by atoms with Crippen molar-refractivity contribution in [2.45, 2.75) is 19.4 Å². The molecule has 0 spiro atoms. The predicted octanol–water partition coefficient (Wildman–Crippen LogP) is 3.38. The van der Waals surface area contributed by atoms with Crippen LogP contribution in [0.5, 0.6) is 0 Å². The summed E-state index contributed by atoms with van der Waals surface area (Å²) in [6.45, 7) is 2.55. The predicted molar refractivity (Wildman–Crippen MR) is 77.7 cm³/mol. The summed E-state index contributed by atoms with van der Waals surface area (Å²) in [5.41, 5.74) is 2.88. The average molecular weight is 270 g/mol. The molecule has 0 radical (unpaired) electrons. The average Bonchev–Trinajstić information content (AvgIpc) is 2.44. The smallest absolute Gasteiger partial charge is 0.313 e. The first kappa shape index (κ1) is 14.3. The Hall–Kier alpha value is -2.13. The van der Waals surface area contributed by atoms with Crippen LogP contribution in [0.1, 0.15) is 22.6 Å². The molecule has 2 aromatic rings. The fraction of sp³-hybridized carbons (Fsp3) is 0.235. The second-order valence-corrected chi connectivity index (χ2v) is 4.81. The topological polar surface area (TPSA) is 46.5 Å². The van der Waals surface area contributed by atoms with Crippen molar-refractivity contribution in [3.8, 4) is 0 Å². The summed E-state index contributed by atoms with van der Waals surface area (Å²) in [4.78, 5) is 11.4. The Bertz CT molecular complexity index is 563. The maximum atomic E-state index is 11.4. The Kier molecular flexibility index (Phi) is 4.91. The molecule has 0 saturated heterocycles. The molecule has 0 aliphatic heterocycles. The van der Waals surface area contributed by atoms with Crippen LogP contribution < -0.4 is 0 Å². The van der Waals surface area contributed by atoms with Crippen LogP contribution in [0, 0.1) is 6.92 Å². The van der Waals surface area contributed by atoms with Gasteiger partial charge in [-0.05, 0) is 18.1 Å². The number of rotatable bonds is 6. The van der Waals surface area contributed by atoms with Crippen LogP contribution in [0.3, 0.4) is 0 Å². The highest BCUT2D eigenvalue weighted by atomic mass is 16.5. The molecule has 104 valence electrons. The van der Waals surface area contributed by atoms with Crippen LogP contribution in [0.15, 0.2) is 54.6 Å². The fourth-order valence-electron chi connectivity index (χ4n) is 2.07. The largest absolute Gasteiger partial charge is 0.481 e. The minimum atomic E-state index is -0.858. The summed E-state index contributed by atoms with van der Waals surface area (Å²) < 4.78 is 5.56. The van der Waals surface area contributed by atoms with Crippen LogP contribution in [-0.2, 0) is 16.1 Å². The molecule has 0 aliphatic carbocycles. The minimum Gasteiger partial charge on any atom is -0.481 e. The molecule has 0 bridgehead atoms. The van der Waals surface area contributed by atoms with Gasteiger partial charge in [-0.2, -0.15) is 0 Å². The number of carboxylic acids is 1. The molecule has 1 N–H and O–H groups in total. The summed E-state index contributed by atoms with van der Waals surface area (Å²) in [6.07, 6.45) is 0. The standard InChI is InChI=1S/C17H18O3/c1-13-6-5-9-15(10-13)16(17(18)19)12-20-11-14-7-3-2-4-8-14/h2-10,16H,11-12H2,1H3,(H,18,19). The number of aryl methyl sites for hydroxylation is 1. The normalized spacial score (nSPS) is 12.1. The van der Waals surface area contributed by atoms with Gasteiger partial charge in [0.15, 0.2) is 0 Å². The summed E-state index contributed by atoms with van der Waals surface area (Å²) in [5, 5.41) is 9.33. The van der Waals surface area contributed by atoms with E-state index in [1.165, 1.54) is 0 Å². The lowest BCUT2D eigenvalue weighted by atomic mass is 9.98. The summed E-state index contributed by atoms with van der Waals surface area (Å²) in [7, 11) is 0. The third kappa shape index (κ3) is 3.93. The first-order valence-corrected chi connectivity index (χ1v) is 6.58. The van der Waals surface area contributed by atoms with E-state index in [0.717, 1.165) is 16.7 Å². The molecule has 0 aliphatic rings. The van der Waals surface area contributed by atoms with Crippen molar-refractivity contribution in [2.24, 2.45) is 0 Å². The molecule has 0 fully saturated rings. The quantitative estimate of drug-likeness (QED) is 0.875. The van der Waals surface area contributed by atoms with Crippen molar-refractivity contribution in [1.82, 2.24) is 0 Å². The Morgan fingerprint density at radius 1 is 1.15 bits per heavy atom. The number of carbonyl (C=O) groups is 1. The van der Waals surface area contributed by atoms with Gasteiger partial charge >= 0.3 is 5.97 Å². The van der Waals surface area contributed by atoms with Gasteiger partial charge in [-0.3, -0.25) is 4.79 Å². The van der Waals surface area contributed by atoms with Gasteiger partial charge < -0.3 is 9.84 Å². The van der Waals surface area contributed by atoms with Gasteiger partial charge in [0, 0.05) is 0 Å². The Morgan fingerprint density at radius 2 is 1.90 bits per heavy atom. The van der Waals surface area contributed by atoms with Crippen molar-refractivity contribution in [3.05, 3.63) is 71.3 Å². The van der Waals surface area contributed by atoms with Crippen LogP contribution >= 0.6 is 0 Å². The maximum Gasteiger partial charge on any atom is 0.313 e. The lowest BCUT2D eigenvalue weighted by Crippen LogP contribution is -2.17. The van der Waals surface area contributed by atoms with Crippen molar-refractivity contribution in [3.63, 3.8) is 0 Å². The summed E-state index contributed by atoms with van der Waals surface area (Å²) in [6, 6.07) is 17.3. The van der Waals surface area contributed by atoms with E-state index in [9.17, 15) is 9.90 Å². The minimum absolute atomic E-state index is 0.174. The van der Waals surface area contributed by atoms with Gasteiger partial charge in [0.25, 0.3) is 0 Å². The third-order valence-electron chi connectivity index (χ3n) is 3.14. The van der Waals surface area contributed by atoms with Crippen molar-refractivity contribution < 1.29 is 14.6 Å². The van der Waals surface area contributed by atoms with Crippen molar-refractivity contribution in [1.29, 1.82) is 0 Å². The van der Waals surface area contributed by atoms with Crippen molar-refractivity contribution >= 4 is 5.97 Å². The van der Waals surface area contributed by atoms with Gasteiger partial charge in [0.2, 0.25) is 0 Å². The van der Waals surface area contributed by atoms with Gasteiger partial charge in [0.05, 0.1) is 13.2 Å². The van der Waals surface area contributed by atoms with Gasteiger partial charge in [0.1, 0.15) is 5.92 Å². The second kappa shape index (κ2) is 6.87. The lowest BCUT2D eigenvalue weighted by molar-refractivity contribution is -0.140. The monoisotopic (exact) mass is 270 g/mol. The zero-order valence-electron chi connectivity index (χ0n) is 11.5. The summed E-state index contributed by atoms with van der Waals surface area (Å²) in [5.74, 6) is -1.48. The number of hydrogen-bond donors (Lipinski definition) is 1. The van der Waals surface area contributed by atoms with E-state index in [2.05, 4.69) is 0 Å². The highest BCUT2D eigenvalue weighted by molar-refractivity contribution is 5.76. The third-order valence-corrected chi connectivity index (χ3v) is 3.14. The van der Waals surface area contributed by atoms with E-state index in [-0.39, 0.29) is 6.61 Å². The van der Waals surface area contributed by atoms with Gasteiger partial charge in [-0.15, -0.1) is 0 Å². The Labute approximate surface area is 118 Å². The van der Waals surface area contributed by atoms with Crippen molar-refractivity contribution in [2.75, 3.05) is 6.61 Å². The number of hydrogen-bond acceptors (Lipinski definition) is 2. The molecular formula is C17H18O3. The highest BCUT2D eigenvalue weighted by Crippen LogP contribution is 2.18. The molecule has 1 unspecified atom stereocenters. The van der Waals surface area contributed by atoms with E-state index in [1.807, 2.05) is 61.5 Å². The number of carboxylic acid groups (broad SMARTS) is 1. The van der Waals surface area contributed by atoms with Gasteiger partial charge in [-0.1, -0.05) is 60.2 Å². The van der Waals surface area contributed by atoms with E-state index < -0.39 is 11.9 Å². The zero-order valence-corrected chi connectivity index (χ0v) is 11.5. The summed E-state index contributed by atoms with van der Waals surface area (Å²) >= 11 is 0. The van der Waals surface area contributed by atoms with Gasteiger partial charge in [-0.25, -0.2) is 0 Å². The molecule has 1 atom stereocenters. The number of benzene rings is 2. The highest BCUT2D eigenvalue weighted by Gasteiger charge is 2.20. The molecule has 0 aromatic heterocycles. The van der Waals surface area contributed by atoms with Crippen LogP contribution in [-0.4, -0.2) is 17.7 Å². The van der Waals surface area contributed by atoms with E-state index >= 15 is 0 Å². The molecule has 0 heterocycles. The molecule has 0 saturated carbocycles. The van der Waals surface area contributed by atoms with E-state index in [1.54, 1.807) is 0 Å². The SMILES string of the molecule is Cc1cccc(C(COCc2ccccc2)C(=O)O)c1. The zero-order chi connectivity index (χ0) is 14.4. The molecule has 20 heavy (non-hydrogen) atoms. The number of ether oxygens (including phenoxy) is 1. The molecule has 0 amide bonds. The Morgan fingerprint density at radius 3 is 2.55 bits per heavy atom. The van der Waals surface area contributed by atoms with Crippen LogP contribution in [0.25, 0.3) is 0 Å². The first-order valence-electron chi connectivity index (χ1n) is 6.58. The first-order chi connectivity index (χ1) is 9.66. The molecular weight excluding hydrogens is 252 g/mol. The Balaban J connectivity index is 1.98. The molecule has 2 rings (SSSR count). The lowest BCUT2D eigenvalue weighted by Gasteiger charge is -2.14. The molecule has 2 aromatic carbocycles. The van der Waals surface area contributed by atoms with E-state index in [4.69, 9.17) is 4.74 Å². The van der Waals surface area contributed by atoms with Crippen LogP contribution in [0.4, 0.5) is 0 Å². The maximum absolute atomic E-state index is 11.4. The van der Waals surface area contributed by atoms with Crippen LogP contribution in [0.2, 0.25) is 0 Å². The molecule has 3 heteroatoms.